The van der Waals surface area contributed by atoms with Crippen molar-refractivity contribution in [1.82, 2.24) is 10.6 Å². The molecule has 21 heavy (non-hydrogen) atoms. The standard InChI is InChI=1S/C15H24N2O4/c1-10(17-14(20)21-15(2,3)4)8-16-9-11-5-6-12(18)7-13(11)19/h5-7,10,16,18-19H,8-9H2,1-4H3,(H,17,20). The Kier molecular flexibility index (Phi) is 5.84. The van der Waals surface area contributed by atoms with Crippen molar-refractivity contribution in [2.24, 2.45) is 0 Å². The van der Waals surface area contributed by atoms with Gasteiger partial charge in [0.2, 0.25) is 0 Å². The summed E-state index contributed by atoms with van der Waals surface area (Å²) in [5.74, 6) is 0.0615. The molecule has 118 valence electrons. The fraction of sp³-hybridized carbons (Fsp3) is 0.533. The van der Waals surface area contributed by atoms with Crippen molar-refractivity contribution in [2.75, 3.05) is 6.54 Å². The molecule has 1 aromatic rings. The van der Waals surface area contributed by atoms with Gasteiger partial charge in [0.25, 0.3) is 0 Å². The van der Waals surface area contributed by atoms with Crippen LogP contribution in [-0.2, 0) is 11.3 Å². The van der Waals surface area contributed by atoms with Gasteiger partial charge in [-0.2, -0.15) is 0 Å². The zero-order valence-corrected chi connectivity index (χ0v) is 12.9. The number of phenols is 2. The van der Waals surface area contributed by atoms with Gasteiger partial charge in [-0.15, -0.1) is 0 Å². The minimum atomic E-state index is -0.519. The van der Waals surface area contributed by atoms with Crippen LogP contribution in [0, 0.1) is 0 Å². The maximum atomic E-state index is 11.6. The number of ether oxygens (including phenoxy) is 1. The van der Waals surface area contributed by atoms with Gasteiger partial charge in [0, 0.05) is 30.8 Å². The molecule has 0 radical (unpaired) electrons. The van der Waals surface area contributed by atoms with E-state index in [9.17, 15) is 15.0 Å². The van der Waals surface area contributed by atoms with Crippen LogP contribution in [0.15, 0.2) is 18.2 Å². The van der Waals surface area contributed by atoms with Crippen LogP contribution in [-0.4, -0.2) is 34.5 Å². The van der Waals surface area contributed by atoms with Gasteiger partial charge in [0.05, 0.1) is 0 Å². The number of carbonyl (C=O) groups excluding carboxylic acids is 1. The predicted octanol–water partition coefficient (Wildman–Crippen LogP) is 2.10. The first-order valence-corrected chi connectivity index (χ1v) is 6.88. The predicted molar refractivity (Wildman–Crippen MR) is 80.3 cm³/mol. The van der Waals surface area contributed by atoms with E-state index in [0.717, 1.165) is 0 Å². The van der Waals surface area contributed by atoms with Gasteiger partial charge in [-0.1, -0.05) is 6.07 Å². The molecule has 0 spiro atoms. The lowest BCUT2D eigenvalue weighted by Gasteiger charge is -2.22. The lowest BCUT2D eigenvalue weighted by atomic mass is 10.2. The molecule has 0 saturated carbocycles. The molecule has 0 aliphatic rings. The topological polar surface area (TPSA) is 90.8 Å². The molecule has 0 aliphatic carbocycles. The molecule has 1 atom stereocenters. The van der Waals surface area contributed by atoms with E-state index in [1.165, 1.54) is 12.1 Å². The summed E-state index contributed by atoms with van der Waals surface area (Å²) in [6.45, 7) is 8.24. The molecule has 0 saturated heterocycles. The van der Waals surface area contributed by atoms with E-state index in [4.69, 9.17) is 4.74 Å². The Morgan fingerprint density at radius 2 is 2.00 bits per heavy atom. The number of hydrogen-bond acceptors (Lipinski definition) is 5. The molecule has 0 heterocycles. The Morgan fingerprint density at radius 3 is 2.57 bits per heavy atom. The first-order chi connectivity index (χ1) is 9.67. The van der Waals surface area contributed by atoms with Gasteiger partial charge in [-0.25, -0.2) is 4.79 Å². The second-order valence-corrected chi connectivity index (χ2v) is 5.99. The number of carbonyl (C=O) groups is 1. The highest BCUT2D eigenvalue weighted by molar-refractivity contribution is 5.68. The van der Waals surface area contributed by atoms with Gasteiger partial charge < -0.3 is 25.6 Å². The average Bonchev–Trinajstić information content (AvgIpc) is 2.29. The molecule has 6 nitrogen and oxygen atoms in total. The zero-order chi connectivity index (χ0) is 16.0. The Morgan fingerprint density at radius 1 is 1.33 bits per heavy atom. The summed E-state index contributed by atoms with van der Waals surface area (Å²) in [7, 11) is 0. The molecule has 1 unspecified atom stereocenters. The third-order valence-corrected chi connectivity index (χ3v) is 2.60. The van der Waals surface area contributed by atoms with E-state index in [2.05, 4.69) is 10.6 Å². The highest BCUT2D eigenvalue weighted by Crippen LogP contribution is 2.22. The zero-order valence-electron chi connectivity index (χ0n) is 12.9. The average molecular weight is 296 g/mol. The fourth-order valence-electron chi connectivity index (χ4n) is 1.68. The summed E-state index contributed by atoms with van der Waals surface area (Å²) in [6.07, 6.45) is -0.454. The van der Waals surface area contributed by atoms with E-state index >= 15 is 0 Å². The van der Waals surface area contributed by atoms with Gasteiger partial charge in [-0.05, 0) is 33.8 Å². The SMILES string of the molecule is CC(CNCc1ccc(O)cc1O)NC(=O)OC(C)(C)C. The first kappa shape index (κ1) is 17.1. The van der Waals surface area contributed by atoms with Crippen molar-refractivity contribution in [1.29, 1.82) is 0 Å². The van der Waals surface area contributed by atoms with Crippen LogP contribution in [0.4, 0.5) is 4.79 Å². The van der Waals surface area contributed by atoms with Crippen LogP contribution in [0.5, 0.6) is 11.5 Å². The molecule has 6 heteroatoms. The summed E-state index contributed by atoms with van der Waals surface area (Å²) in [4.78, 5) is 11.6. The maximum absolute atomic E-state index is 11.6. The second kappa shape index (κ2) is 7.17. The number of aromatic hydroxyl groups is 2. The molecular formula is C15H24N2O4. The molecule has 1 amide bonds. The van der Waals surface area contributed by atoms with Crippen LogP contribution in [0.3, 0.4) is 0 Å². The Hall–Kier alpha value is -1.95. The number of amides is 1. The van der Waals surface area contributed by atoms with Crippen LogP contribution < -0.4 is 10.6 Å². The number of nitrogens with one attached hydrogen (secondary N) is 2. The summed E-state index contributed by atoms with van der Waals surface area (Å²) < 4.78 is 5.16. The van der Waals surface area contributed by atoms with Crippen molar-refractivity contribution in [3.05, 3.63) is 23.8 Å². The maximum Gasteiger partial charge on any atom is 0.407 e. The summed E-state index contributed by atoms with van der Waals surface area (Å²) in [5, 5.41) is 24.7. The molecule has 1 aromatic carbocycles. The van der Waals surface area contributed by atoms with Gasteiger partial charge in [0.15, 0.2) is 0 Å². The van der Waals surface area contributed by atoms with Crippen LogP contribution >= 0.6 is 0 Å². The fourth-order valence-corrected chi connectivity index (χ4v) is 1.68. The van der Waals surface area contributed by atoms with Crippen molar-refractivity contribution >= 4 is 6.09 Å². The largest absolute Gasteiger partial charge is 0.508 e. The summed E-state index contributed by atoms with van der Waals surface area (Å²) in [6, 6.07) is 4.33. The van der Waals surface area contributed by atoms with E-state index in [0.29, 0.717) is 18.7 Å². The summed E-state index contributed by atoms with van der Waals surface area (Å²) in [5.41, 5.74) is 0.159. The van der Waals surface area contributed by atoms with E-state index in [1.54, 1.807) is 6.07 Å². The van der Waals surface area contributed by atoms with Crippen molar-refractivity contribution in [3.8, 4) is 11.5 Å². The van der Waals surface area contributed by atoms with Gasteiger partial charge >= 0.3 is 6.09 Å². The molecule has 0 bridgehead atoms. The van der Waals surface area contributed by atoms with Gasteiger partial charge in [-0.3, -0.25) is 0 Å². The van der Waals surface area contributed by atoms with E-state index in [-0.39, 0.29) is 17.5 Å². The molecule has 1 rings (SSSR count). The lowest BCUT2D eigenvalue weighted by Crippen LogP contribution is -2.42. The van der Waals surface area contributed by atoms with Crippen molar-refractivity contribution in [2.45, 2.75) is 45.9 Å². The quantitative estimate of drug-likeness (QED) is 0.668. The Balaban J connectivity index is 2.33. The minimum absolute atomic E-state index is 0.0243. The van der Waals surface area contributed by atoms with Crippen molar-refractivity contribution in [3.63, 3.8) is 0 Å². The third-order valence-electron chi connectivity index (χ3n) is 2.60. The monoisotopic (exact) mass is 296 g/mol. The normalized spacial score (nSPS) is 12.8. The third kappa shape index (κ3) is 6.85. The van der Waals surface area contributed by atoms with E-state index in [1.807, 2.05) is 27.7 Å². The Labute approximate surface area is 125 Å². The van der Waals surface area contributed by atoms with Crippen LogP contribution in [0.25, 0.3) is 0 Å². The lowest BCUT2D eigenvalue weighted by molar-refractivity contribution is 0.0508. The van der Waals surface area contributed by atoms with Crippen LogP contribution in [0.1, 0.15) is 33.3 Å². The molecule has 0 aromatic heterocycles. The van der Waals surface area contributed by atoms with Crippen molar-refractivity contribution < 1.29 is 19.7 Å². The molecular weight excluding hydrogens is 272 g/mol. The smallest absolute Gasteiger partial charge is 0.407 e. The van der Waals surface area contributed by atoms with Gasteiger partial charge in [0.1, 0.15) is 17.1 Å². The first-order valence-electron chi connectivity index (χ1n) is 6.88. The summed E-state index contributed by atoms with van der Waals surface area (Å²) >= 11 is 0. The van der Waals surface area contributed by atoms with Crippen LogP contribution in [0.2, 0.25) is 0 Å². The second-order valence-electron chi connectivity index (χ2n) is 5.99. The number of benzene rings is 1. The minimum Gasteiger partial charge on any atom is -0.508 e. The number of rotatable bonds is 5. The Bertz CT molecular complexity index is 483. The molecule has 4 N–H and O–H groups in total. The molecule has 0 fully saturated rings. The number of hydrogen-bond donors (Lipinski definition) is 4. The number of phenolic OH excluding ortho intramolecular Hbond substituents is 2. The highest BCUT2D eigenvalue weighted by atomic mass is 16.6. The van der Waals surface area contributed by atoms with E-state index < -0.39 is 11.7 Å². The highest BCUT2D eigenvalue weighted by Gasteiger charge is 2.17. The number of alkyl carbamates (subject to hydrolysis) is 1. The molecule has 0 aliphatic heterocycles.